The van der Waals surface area contributed by atoms with E-state index in [1.54, 1.807) is 12.1 Å². The maximum atomic E-state index is 11.4. The summed E-state index contributed by atoms with van der Waals surface area (Å²) in [7, 11) is 0. The van der Waals surface area contributed by atoms with Crippen LogP contribution in [0.5, 0.6) is 11.5 Å². The van der Waals surface area contributed by atoms with Crippen LogP contribution in [0.15, 0.2) is 24.8 Å². The Morgan fingerprint density at radius 1 is 0.897 bits per heavy atom. The first-order valence-corrected chi connectivity index (χ1v) is 9.37. The molecule has 1 aromatic rings. The van der Waals surface area contributed by atoms with E-state index in [1.165, 1.54) is 0 Å². The fourth-order valence-electron chi connectivity index (χ4n) is 2.27. The zero-order chi connectivity index (χ0) is 23.0. The molecule has 29 heavy (non-hydrogen) atoms. The largest absolute Gasteiger partial charge is 0.507 e. The number of carbonyl (C=O) groups is 1. The summed E-state index contributed by atoms with van der Waals surface area (Å²) in [4.78, 5) is 11.4. The summed E-state index contributed by atoms with van der Waals surface area (Å²) in [6.07, 6.45) is 1.13. The van der Waals surface area contributed by atoms with Crippen LogP contribution in [0.1, 0.15) is 52.7 Å². The van der Waals surface area contributed by atoms with Gasteiger partial charge in [0.05, 0.1) is 31.8 Å². The number of carbonyl (C=O) groups excluding carboxylic acids is 1. The molecule has 166 valence electrons. The summed E-state index contributed by atoms with van der Waals surface area (Å²) < 4.78 is 5.22. The number of hydrogen-bond donors (Lipinski definition) is 5. The molecule has 0 aliphatic carbocycles. The minimum absolute atomic E-state index is 0.249. The number of phenolic OH excluding ortho intramolecular Hbond substituents is 1. The molecule has 7 nitrogen and oxygen atoms in total. The lowest BCUT2D eigenvalue weighted by Crippen LogP contribution is -2.37. The number of hydrogen-bond acceptors (Lipinski definition) is 7. The predicted molar refractivity (Wildman–Crippen MR) is 112 cm³/mol. The highest BCUT2D eigenvalue weighted by atomic mass is 16.5. The lowest BCUT2D eigenvalue weighted by Gasteiger charge is -2.27. The number of benzene rings is 1. The topological polar surface area (TPSA) is 127 Å². The Morgan fingerprint density at radius 2 is 1.24 bits per heavy atom. The fourth-order valence-corrected chi connectivity index (χ4v) is 2.27. The third-order valence-corrected chi connectivity index (χ3v) is 4.43. The maximum absolute atomic E-state index is 11.4. The van der Waals surface area contributed by atoms with Crippen LogP contribution >= 0.6 is 0 Å². The van der Waals surface area contributed by atoms with E-state index in [0.717, 1.165) is 17.2 Å². The summed E-state index contributed by atoms with van der Waals surface area (Å²) in [5.74, 6) is 0.196. The van der Waals surface area contributed by atoms with E-state index in [0.29, 0.717) is 5.75 Å². The third kappa shape index (κ3) is 7.78. The molecule has 0 spiro atoms. The van der Waals surface area contributed by atoms with Crippen LogP contribution in [0.3, 0.4) is 0 Å². The van der Waals surface area contributed by atoms with E-state index in [4.69, 9.17) is 25.2 Å². The normalized spacial score (nSPS) is 12.1. The Morgan fingerprint density at radius 3 is 1.45 bits per heavy atom. The Hall–Kier alpha value is -1.93. The van der Waals surface area contributed by atoms with Gasteiger partial charge in [0.15, 0.2) is 0 Å². The predicted octanol–water partition coefficient (Wildman–Crippen LogP) is 2.02. The number of aliphatic hydroxyl groups is 4. The van der Waals surface area contributed by atoms with Crippen molar-refractivity contribution < 1.29 is 35.1 Å². The highest BCUT2D eigenvalue weighted by molar-refractivity contribution is 5.83. The van der Waals surface area contributed by atoms with Crippen LogP contribution in [0, 0.1) is 5.41 Å². The number of rotatable bonds is 6. The SMILES string of the molecule is C=CC(=O)Oc1cc(C(C)(C)C)c(O)c(C(C)(C)C)c1.OCC(CO)(CO)CO. The van der Waals surface area contributed by atoms with Gasteiger partial charge >= 0.3 is 5.97 Å². The van der Waals surface area contributed by atoms with Crippen LogP contribution in [0.25, 0.3) is 0 Å². The molecule has 0 saturated heterocycles. The van der Waals surface area contributed by atoms with Crippen LogP contribution in [0.4, 0.5) is 0 Å². The van der Waals surface area contributed by atoms with E-state index in [9.17, 15) is 9.90 Å². The standard InChI is InChI=1S/C17H24O3.C5H12O4/c1-8-14(18)20-11-9-12(16(2,3)4)15(19)13(10-11)17(5,6)7;6-1-5(2-7,3-8)4-9/h8-10,19H,1H2,2-7H3;6-9H,1-4H2. The van der Waals surface area contributed by atoms with Crippen LogP contribution in [-0.4, -0.2) is 57.9 Å². The van der Waals surface area contributed by atoms with Gasteiger partial charge in [-0.3, -0.25) is 0 Å². The molecule has 0 atom stereocenters. The molecular weight excluding hydrogens is 376 g/mol. The zero-order valence-electron chi connectivity index (χ0n) is 18.3. The van der Waals surface area contributed by atoms with E-state index in [2.05, 4.69) is 6.58 Å². The first-order chi connectivity index (χ1) is 13.2. The molecule has 1 rings (SSSR count). The van der Waals surface area contributed by atoms with Gasteiger partial charge in [-0.05, 0) is 23.0 Å². The molecular formula is C22H36O7. The van der Waals surface area contributed by atoms with Gasteiger partial charge in [-0.25, -0.2) is 4.79 Å². The van der Waals surface area contributed by atoms with Crippen molar-refractivity contribution in [2.75, 3.05) is 26.4 Å². The van der Waals surface area contributed by atoms with Gasteiger partial charge in [0.2, 0.25) is 0 Å². The average Bonchev–Trinajstić information content (AvgIpc) is 2.64. The summed E-state index contributed by atoms with van der Waals surface area (Å²) >= 11 is 0. The van der Waals surface area contributed by atoms with Crippen molar-refractivity contribution in [1.82, 2.24) is 0 Å². The average molecular weight is 413 g/mol. The minimum atomic E-state index is -1.11. The summed E-state index contributed by atoms with van der Waals surface area (Å²) in [6, 6.07) is 3.43. The van der Waals surface area contributed by atoms with Crippen molar-refractivity contribution in [2.24, 2.45) is 5.41 Å². The number of phenols is 1. The Labute approximate surface area is 173 Å². The summed E-state index contributed by atoms with van der Waals surface area (Å²) in [5.41, 5.74) is -0.0879. The molecule has 0 bridgehead atoms. The molecule has 0 fully saturated rings. The smallest absolute Gasteiger partial charge is 0.335 e. The number of esters is 1. The molecule has 7 heteroatoms. The van der Waals surface area contributed by atoms with Crippen LogP contribution < -0.4 is 4.74 Å². The molecule has 0 amide bonds. The molecule has 0 radical (unpaired) electrons. The van der Waals surface area contributed by atoms with Crippen molar-refractivity contribution in [3.63, 3.8) is 0 Å². The van der Waals surface area contributed by atoms with Crippen molar-refractivity contribution >= 4 is 5.97 Å². The van der Waals surface area contributed by atoms with Crippen molar-refractivity contribution in [1.29, 1.82) is 0 Å². The highest BCUT2D eigenvalue weighted by Crippen LogP contribution is 2.41. The highest BCUT2D eigenvalue weighted by Gasteiger charge is 2.27. The second-order valence-electron chi connectivity index (χ2n) is 9.12. The van der Waals surface area contributed by atoms with E-state index in [1.807, 2.05) is 41.5 Å². The quantitative estimate of drug-likeness (QED) is 0.275. The fraction of sp³-hybridized carbons (Fsp3) is 0.591. The van der Waals surface area contributed by atoms with Crippen LogP contribution in [0.2, 0.25) is 0 Å². The monoisotopic (exact) mass is 412 g/mol. The molecule has 5 N–H and O–H groups in total. The van der Waals surface area contributed by atoms with E-state index < -0.39 is 37.8 Å². The van der Waals surface area contributed by atoms with Crippen molar-refractivity contribution in [3.8, 4) is 11.5 Å². The Balaban J connectivity index is 0.000000734. The van der Waals surface area contributed by atoms with Gasteiger partial charge in [-0.1, -0.05) is 48.1 Å². The molecule has 0 saturated carbocycles. The molecule has 0 aromatic heterocycles. The zero-order valence-corrected chi connectivity index (χ0v) is 18.3. The maximum Gasteiger partial charge on any atom is 0.335 e. The van der Waals surface area contributed by atoms with Gasteiger partial charge in [-0.2, -0.15) is 0 Å². The summed E-state index contributed by atoms with van der Waals surface area (Å²) in [5, 5.41) is 44.5. The van der Waals surface area contributed by atoms with Gasteiger partial charge < -0.3 is 30.3 Å². The molecule has 0 aliphatic heterocycles. The second kappa shape index (κ2) is 10.7. The van der Waals surface area contributed by atoms with Crippen molar-refractivity contribution in [2.45, 2.75) is 52.4 Å². The first-order valence-electron chi connectivity index (χ1n) is 9.37. The van der Waals surface area contributed by atoms with Crippen LogP contribution in [-0.2, 0) is 15.6 Å². The molecule has 0 heterocycles. The first kappa shape index (κ1) is 27.1. The van der Waals surface area contributed by atoms with Gasteiger partial charge in [0, 0.05) is 17.2 Å². The van der Waals surface area contributed by atoms with Crippen molar-refractivity contribution in [3.05, 3.63) is 35.9 Å². The lowest BCUT2D eigenvalue weighted by atomic mass is 9.79. The summed E-state index contributed by atoms with van der Waals surface area (Å²) in [6.45, 7) is 13.8. The van der Waals surface area contributed by atoms with E-state index >= 15 is 0 Å². The minimum Gasteiger partial charge on any atom is -0.507 e. The lowest BCUT2D eigenvalue weighted by molar-refractivity contribution is -0.128. The number of aromatic hydroxyl groups is 1. The Bertz CT molecular complexity index is 625. The number of ether oxygens (including phenoxy) is 1. The van der Waals surface area contributed by atoms with Gasteiger partial charge in [0.1, 0.15) is 11.5 Å². The van der Waals surface area contributed by atoms with Gasteiger partial charge in [-0.15, -0.1) is 0 Å². The molecule has 0 aliphatic rings. The van der Waals surface area contributed by atoms with Gasteiger partial charge in [0.25, 0.3) is 0 Å². The Kier molecular flexibility index (Phi) is 10.0. The van der Waals surface area contributed by atoms with E-state index in [-0.39, 0.29) is 16.6 Å². The number of aliphatic hydroxyl groups excluding tert-OH is 4. The third-order valence-electron chi connectivity index (χ3n) is 4.43. The molecule has 0 unspecified atom stereocenters. The second-order valence-corrected chi connectivity index (χ2v) is 9.12. The molecule has 1 aromatic carbocycles.